The minimum Gasteiger partial charge on any atom is -0.489 e. The number of aliphatic hydroxyl groups is 2. The zero-order valence-corrected chi connectivity index (χ0v) is 16.1. The van der Waals surface area contributed by atoms with Crippen LogP contribution in [0.15, 0.2) is 30.3 Å². The van der Waals surface area contributed by atoms with Crippen LogP contribution < -0.4 is 15.8 Å². The van der Waals surface area contributed by atoms with Gasteiger partial charge >= 0.3 is 0 Å². The number of benzene rings is 2. The maximum atomic E-state index is 14.1. The molecule has 0 heterocycles. The number of halogens is 3. The van der Waals surface area contributed by atoms with Gasteiger partial charge < -0.3 is 26.0 Å². The van der Waals surface area contributed by atoms with Crippen LogP contribution in [-0.2, 0) is 0 Å². The first kappa shape index (κ1) is 19.8. The van der Waals surface area contributed by atoms with E-state index in [2.05, 4.69) is 5.32 Å². The van der Waals surface area contributed by atoms with Gasteiger partial charge in [-0.1, -0.05) is 0 Å². The number of rotatable bonds is 5. The van der Waals surface area contributed by atoms with E-state index in [0.717, 1.165) is 12.1 Å². The summed E-state index contributed by atoms with van der Waals surface area (Å²) in [5.41, 5.74) is 5.29. The lowest BCUT2D eigenvalue weighted by Gasteiger charge is -2.19. The minimum atomic E-state index is -0.959. The van der Waals surface area contributed by atoms with Crippen LogP contribution >= 0.6 is 22.6 Å². The van der Waals surface area contributed by atoms with E-state index in [9.17, 15) is 23.8 Å². The van der Waals surface area contributed by atoms with Crippen molar-refractivity contribution in [3.8, 4) is 5.75 Å². The molecule has 3 atom stereocenters. The van der Waals surface area contributed by atoms with Gasteiger partial charge in [-0.25, -0.2) is 8.78 Å². The molecule has 2 aromatic rings. The number of amides is 1. The number of primary amides is 1. The number of carbonyl (C=O) groups excluding carboxylic acids is 1. The van der Waals surface area contributed by atoms with Gasteiger partial charge in [0.25, 0.3) is 5.91 Å². The lowest BCUT2D eigenvalue weighted by molar-refractivity contribution is 0.0438. The molecule has 0 spiro atoms. The van der Waals surface area contributed by atoms with Gasteiger partial charge in [0.2, 0.25) is 0 Å². The molecule has 144 valence electrons. The van der Waals surface area contributed by atoms with E-state index >= 15 is 0 Å². The molecule has 0 radical (unpaired) electrons. The molecule has 1 aliphatic carbocycles. The predicted molar refractivity (Wildman–Crippen MR) is 103 cm³/mol. The maximum absolute atomic E-state index is 14.1. The SMILES string of the molecule is NC(=O)c1c(Nc2ccc(I)cc2F)cc(F)cc1OC1C[C@@H](O)[C@@H](O)C1. The zero-order chi connectivity index (χ0) is 19.7. The van der Waals surface area contributed by atoms with Crippen LogP contribution in [0.2, 0.25) is 0 Å². The molecule has 2 aromatic carbocycles. The van der Waals surface area contributed by atoms with E-state index < -0.39 is 35.9 Å². The highest BCUT2D eigenvalue weighted by Gasteiger charge is 2.34. The van der Waals surface area contributed by atoms with Crippen LogP contribution in [0.4, 0.5) is 20.2 Å². The van der Waals surface area contributed by atoms with Gasteiger partial charge in [0.15, 0.2) is 0 Å². The number of hydrogen-bond acceptors (Lipinski definition) is 5. The Morgan fingerprint density at radius 1 is 1.15 bits per heavy atom. The Morgan fingerprint density at radius 2 is 1.81 bits per heavy atom. The summed E-state index contributed by atoms with van der Waals surface area (Å²) in [4.78, 5) is 12.0. The molecule has 5 N–H and O–H groups in total. The van der Waals surface area contributed by atoms with E-state index in [1.807, 2.05) is 22.6 Å². The third kappa shape index (κ3) is 4.47. The highest BCUT2D eigenvalue weighted by atomic mass is 127. The van der Waals surface area contributed by atoms with Crippen LogP contribution in [0.1, 0.15) is 23.2 Å². The third-order valence-corrected chi connectivity index (χ3v) is 4.93. The smallest absolute Gasteiger partial charge is 0.254 e. The molecular formula is C18H17F2IN2O4. The lowest BCUT2D eigenvalue weighted by Crippen LogP contribution is -2.20. The molecule has 0 saturated heterocycles. The molecule has 3 rings (SSSR count). The Labute approximate surface area is 167 Å². The highest BCUT2D eigenvalue weighted by Crippen LogP contribution is 2.34. The van der Waals surface area contributed by atoms with Crippen molar-refractivity contribution in [2.75, 3.05) is 5.32 Å². The Morgan fingerprint density at radius 3 is 2.41 bits per heavy atom. The van der Waals surface area contributed by atoms with Crippen LogP contribution in [-0.4, -0.2) is 34.4 Å². The van der Waals surface area contributed by atoms with Crippen molar-refractivity contribution in [1.29, 1.82) is 0 Å². The molecule has 1 amide bonds. The second-order valence-corrected chi connectivity index (χ2v) is 7.53. The Kier molecular flexibility index (Phi) is 5.82. The Bertz CT molecular complexity index is 871. The molecule has 27 heavy (non-hydrogen) atoms. The number of nitrogens with two attached hydrogens (primary N) is 1. The number of aliphatic hydroxyl groups excluding tert-OH is 2. The Balaban J connectivity index is 1.96. The maximum Gasteiger partial charge on any atom is 0.254 e. The van der Waals surface area contributed by atoms with Crippen molar-refractivity contribution in [2.45, 2.75) is 31.2 Å². The molecule has 1 saturated carbocycles. The molecule has 1 unspecified atom stereocenters. The first-order chi connectivity index (χ1) is 12.7. The van der Waals surface area contributed by atoms with Crippen molar-refractivity contribution in [3.63, 3.8) is 0 Å². The van der Waals surface area contributed by atoms with Crippen LogP contribution in [0.25, 0.3) is 0 Å². The van der Waals surface area contributed by atoms with E-state index in [-0.39, 0.29) is 35.5 Å². The van der Waals surface area contributed by atoms with Crippen LogP contribution in [0, 0.1) is 15.2 Å². The second kappa shape index (κ2) is 7.95. The van der Waals surface area contributed by atoms with Crippen molar-refractivity contribution >= 4 is 39.9 Å². The third-order valence-electron chi connectivity index (χ3n) is 4.26. The summed E-state index contributed by atoms with van der Waals surface area (Å²) in [6.45, 7) is 0. The van der Waals surface area contributed by atoms with Crippen molar-refractivity contribution in [1.82, 2.24) is 0 Å². The minimum absolute atomic E-state index is 0.0428. The van der Waals surface area contributed by atoms with Gasteiger partial charge in [-0.3, -0.25) is 4.79 Å². The topological polar surface area (TPSA) is 105 Å². The number of nitrogens with one attached hydrogen (secondary N) is 1. The van der Waals surface area contributed by atoms with Gasteiger partial charge in [0.05, 0.1) is 23.6 Å². The summed E-state index contributed by atoms with van der Waals surface area (Å²) in [5, 5.41) is 21.9. The fourth-order valence-electron chi connectivity index (χ4n) is 2.99. The van der Waals surface area contributed by atoms with Crippen molar-refractivity contribution < 1.29 is 28.5 Å². The molecule has 0 bridgehead atoms. The average molecular weight is 490 g/mol. The van der Waals surface area contributed by atoms with Gasteiger partial charge in [-0.05, 0) is 46.9 Å². The molecule has 6 nitrogen and oxygen atoms in total. The first-order valence-corrected chi connectivity index (χ1v) is 9.20. The fourth-order valence-corrected chi connectivity index (χ4v) is 3.44. The average Bonchev–Trinajstić information content (AvgIpc) is 2.87. The summed E-state index contributed by atoms with van der Waals surface area (Å²) in [5.74, 6) is -2.33. The molecule has 0 aromatic heterocycles. The van der Waals surface area contributed by atoms with Crippen molar-refractivity contribution in [2.24, 2.45) is 5.73 Å². The molecule has 1 fully saturated rings. The standard InChI is InChI=1S/C18H17F2IN2O4/c19-8-3-13(23-12-2-1-9(21)5-11(12)20)17(18(22)26)16(4-8)27-10-6-14(24)15(25)7-10/h1-5,10,14-15,23-25H,6-7H2,(H2,22,26)/t10?,14-,15+. The van der Waals surface area contributed by atoms with Gasteiger partial charge in [0.1, 0.15) is 29.1 Å². The Hall–Kier alpha value is -1.98. The second-order valence-electron chi connectivity index (χ2n) is 6.29. The quantitative estimate of drug-likeness (QED) is 0.483. The summed E-state index contributed by atoms with van der Waals surface area (Å²) in [6, 6.07) is 6.39. The zero-order valence-electron chi connectivity index (χ0n) is 14.0. The van der Waals surface area contributed by atoms with Crippen molar-refractivity contribution in [3.05, 3.63) is 51.1 Å². The molecule has 0 aliphatic heterocycles. The number of ether oxygens (including phenoxy) is 1. The molecule has 1 aliphatic rings. The normalized spacial score (nSPS) is 21.9. The monoisotopic (exact) mass is 490 g/mol. The summed E-state index contributed by atoms with van der Waals surface area (Å²) < 4.78 is 34.5. The van der Waals surface area contributed by atoms with Crippen LogP contribution in [0.3, 0.4) is 0 Å². The number of carbonyl (C=O) groups is 1. The van der Waals surface area contributed by atoms with Crippen LogP contribution in [0.5, 0.6) is 5.75 Å². The fraction of sp³-hybridized carbons (Fsp3) is 0.278. The molecule has 9 heteroatoms. The molecular weight excluding hydrogens is 473 g/mol. The number of anilines is 2. The van der Waals surface area contributed by atoms with E-state index in [0.29, 0.717) is 3.57 Å². The first-order valence-electron chi connectivity index (χ1n) is 8.13. The largest absolute Gasteiger partial charge is 0.489 e. The summed E-state index contributed by atoms with van der Waals surface area (Å²) >= 11 is 1.95. The van der Waals surface area contributed by atoms with E-state index in [4.69, 9.17) is 10.5 Å². The van der Waals surface area contributed by atoms with Gasteiger partial charge in [-0.15, -0.1) is 0 Å². The van der Waals surface area contributed by atoms with E-state index in [1.54, 1.807) is 6.07 Å². The highest BCUT2D eigenvalue weighted by molar-refractivity contribution is 14.1. The predicted octanol–water partition coefficient (Wildman–Crippen LogP) is 2.67. The number of hydrogen-bond donors (Lipinski definition) is 4. The summed E-state index contributed by atoms with van der Waals surface area (Å²) in [6.07, 6.45) is -2.27. The van der Waals surface area contributed by atoms with Gasteiger partial charge in [-0.2, -0.15) is 0 Å². The lowest BCUT2D eigenvalue weighted by atomic mass is 10.1. The summed E-state index contributed by atoms with van der Waals surface area (Å²) in [7, 11) is 0. The van der Waals surface area contributed by atoms with Gasteiger partial charge in [0, 0.05) is 22.5 Å². The van der Waals surface area contributed by atoms with E-state index in [1.165, 1.54) is 12.1 Å².